The van der Waals surface area contributed by atoms with Gasteiger partial charge in [-0.05, 0) is 0 Å². The van der Waals surface area contributed by atoms with Crippen LogP contribution in [0.15, 0.2) is 34.2 Å². The van der Waals surface area contributed by atoms with Crippen molar-refractivity contribution in [2.24, 2.45) is 0 Å². The molecule has 0 fully saturated rings. The number of hydrogen-bond acceptors (Lipinski definition) is 0. The van der Waals surface area contributed by atoms with Gasteiger partial charge in [-0.3, -0.25) is 0 Å². The summed E-state index contributed by atoms with van der Waals surface area (Å²) in [7, 11) is 0. The zero-order valence-corrected chi connectivity index (χ0v) is 8.93. The van der Waals surface area contributed by atoms with Gasteiger partial charge < -0.3 is 0 Å². The van der Waals surface area contributed by atoms with E-state index in [0.717, 1.165) is 0 Å². The summed E-state index contributed by atoms with van der Waals surface area (Å²) < 4.78 is 13.6. The summed E-state index contributed by atoms with van der Waals surface area (Å²) >= 11 is 3.50. The standard InChI is InChI=1S/C8H6BrFSe/c9-5-6-11-8-3-1-7(10)2-4-8/h1-6H/b6-5+. The third-order valence-electron chi connectivity index (χ3n) is 1.07. The number of rotatable bonds is 2. The molecule has 0 aromatic heterocycles. The van der Waals surface area contributed by atoms with Crippen LogP contribution in [0.4, 0.5) is 4.39 Å². The van der Waals surface area contributed by atoms with E-state index in [9.17, 15) is 4.39 Å². The monoisotopic (exact) mass is 280 g/mol. The summed E-state index contributed by atoms with van der Waals surface area (Å²) in [6.07, 6.45) is 0. The Balaban J connectivity index is 2.66. The molecule has 0 heterocycles. The summed E-state index contributed by atoms with van der Waals surface area (Å²) in [5.41, 5.74) is 0. The van der Waals surface area contributed by atoms with Gasteiger partial charge in [-0.15, -0.1) is 0 Å². The molecular formula is C8H6BrFSe. The molecule has 0 unspecified atom stereocenters. The van der Waals surface area contributed by atoms with E-state index in [-0.39, 0.29) is 5.82 Å². The van der Waals surface area contributed by atoms with Crippen LogP contribution in [0.2, 0.25) is 0 Å². The molecule has 0 amide bonds. The first-order chi connectivity index (χ1) is 5.33. The quantitative estimate of drug-likeness (QED) is 0.727. The van der Waals surface area contributed by atoms with E-state index in [2.05, 4.69) is 15.9 Å². The van der Waals surface area contributed by atoms with Crippen LogP contribution in [-0.2, 0) is 0 Å². The summed E-state index contributed by atoms with van der Waals surface area (Å²) in [6.45, 7) is 0. The van der Waals surface area contributed by atoms with Gasteiger partial charge in [0.2, 0.25) is 0 Å². The minimum absolute atomic E-state index is 0.174. The van der Waals surface area contributed by atoms with Gasteiger partial charge >= 0.3 is 79.8 Å². The molecular weight excluding hydrogens is 274 g/mol. The van der Waals surface area contributed by atoms with Crippen LogP contribution >= 0.6 is 15.9 Å². The van der Waals surface area contributed by atoms with Crippen LogP contribution in [0.25, 0.3) is 0 Å². The Morgan fingerprint density at radius 3 is 2.45 bits per heavy atom. The Morgan fingerprint density at radius 1 is 1.27 bits per heavy atom. The summed E-state index contributed by atoms with van der Waals surface area (Å²) in [6, 6.07) is 6.59. The molecule has 0 spiro atoms. The van der Waals surface area contributed by atoms with E-state index in [1.54, 1.807) is 0 Å². The zero-order chi connectivity index (χ0) is 8.10. The van der Waals surface area contributed by atoms with Gasteiger partial charge in [0.15, 0.2) is 0 Å². The van der Waals surface area contributed by atoms with Crippen LogP contribution in [0.1, 0.15) is 0 Å². The van der Waals surface area contributed by atoms with Gasteiger partial charge in [0, 0.05) is 0 Å². The maximum atomic E-state index is 12.4. The van der Waals surface area contributed by atoms with Crippen molar-refractivity contribution in [1.29, 1.82) is 0 Å². The van der Waals surface area contributed by atoms with Gasteiger partial charge in [0.25, 0.3) is 0 Å². The molecule has 3 heteroatoms. The number of halogens is 2. The van der Waals surface area contributed by atoms with Crippen LogP contribution < -0.4 is 4.46 Å². The topological polar surface area (TPSA) is 0 Å². The molecule has 1 aromatic carbocycles. The van der Waals surface area contributed by atoms with Crippen molar-refractivity contribution < 1.29 is 4.39 Å². The normalized spacial score (nSPS) is 10.7. The average Bonchev–Trinajstić information content (AvgIpc) is 2.04. The van der Waals surface area contributed by atoms with Crippen molar-refractivity contribution in [2.45, 2.75) is 0 Å². The van der Waals surface area contributed by atoms with Gasteiger partial charge in [-0.1, -0.05) is 0 Å². The Labute approximate surface area is 79.8 Å². The first kappa shape index (κ1) is 8.98. The maximum absolute atomic E-state index is 12.4. The van der Waals surface area contributed by atoms with Crippen molar-refractivity contribution in [3.8, 4) is 0 Å². The summed E-state index contributed by atoms with van der Waals surface area (Å²) in [4.78, 5) is 3.86. The second-order valence-electron chi connectivity index (χ2n) is 1.83. The first-order valence-corrected chi connectivity index (χ1v) is 5.76. The van der Waals surface area contributed by atoms with Gasteiger partial charge in [0.1, 0.15) is 0 Å². The van der Waals surface area contributed by atoms with E-state index in [0.29, 0.717) is 15.0 Å². The molecule has 58 valence electrons. The molecule has 0 N–H and O–H groups in total. The van der Waals surface area contributed by atoms with Gasteiger partial charge in [-0.25, -0.2) is 0 Å². The van der Waals surface area contributed by atoms with E-state index in [1.807, 2.05) is 22.1 Å². The number of benzene rings is 1. The first-order valence-electron chi connectivity index (χ1n) is 3.00. The summed E-state index contributed by atoms with van der Waals surface area (Å²) in [5.74, 6) is -0.174. The van der Waals surface area contributed by atoms with Crippen molar-refractivity contribution >= 4 is 35.3 Å². The van der Waals surface area contributed by atoms with Crippen LogP contribution in [0.3, 0.4) is 0 Å². The SMILES string of the molecule is Fc1ccc([Se]/C=C/Br)cc1. The molecule has 11 heavy (non-hydrogen) atoms. The fourth-order valence-electron chi connectivity index (χ4n) is 0.617. The fourth-order valence-corrected chi connectivity index (χ4v) is 2.23. The molecule has 0 aliphatic rings. The molecule has 0 saturated carbocycles. The Morgan fingerprint density at radius 2 is 1.91 bits per heavy atom. The molecule has 0 aliphatic heterocycles. The second kappa shape index (κ2) is 4.70. The van der Waals surface area contributed by atoms with E-state index in [4.69, 9.17) is 0 Å². The molecule has 0 saturated heterocycles. The number of hydrogen-bond donors (Lipinski definition) is 0. The fraction of sp³-hybridized carbons (Fsp3) is 0. The predicted molar refractivity (Wildman–Crippen MR) is 49.9 cm³/mol. The molecule has 0 atom stereocenters. The Hall–Kier alpha value is -0.111. The average molecular weight is 280 g/mol. The Bertz CT molecular complexity index is 243. The third kappa shape index (κ3) is 3.19. The molecule has 0 radical (unpaired) electrons. The molecule has 0 aliphatic carbocycles. The summed E-state index contributed by atoms with van der Waals surface area (Å²) in [5, 5.41) is 0. The van der Waals surface area contributed by atoms with E-state index in [1.165, 1.54) is 16.6 Å². The molecule has 1 aromatic rings. The zero-order valence-electron chi connectivity index (χ0n) is 5.63. The van der Waals surface area contributed by atoms with Crippen LogP contribution in [0, 0.1) is 5.82 Å². The second-order valence-corrected chi connectivity index (χ2v) is 4.42. The minimum atomic E-state index is -0.174. The van der Waals surface area contributed by atoms with Crippen molar-refractivity contribution in [3.05, 3.63) is 40.0 Å². The molecule has 1 rings (SSSR count). The Kier molecular flexibility index (Phi) is 3.84. The van der Waals surface area contributed by atoms with Gasteiger partial charge in [0.05, 0.1) is 0 Å². The predicted octanol–water partition coefficient (Wildman–Crippen LogP) is 2.02. The van der Waals surface area contributed by atoms with Crippen LogP contribution in [0.5, 0.6) is 0 Å². The van der Waals surface area contributed by atoms with E-state index < -0.39 is 0 Å². The van der Waals surface area contributed by atoms with Crippen LogP contribution in [-0.4, -0.2) is 15.0 Å². The van der Waals surface area contributed by atoms with Crippen molar-refractivity contribution in [3.63, 3.8) is 0 Å². The van der Waals surface area contributed by atoms with E-state index >= 15 is 0 Å². The van der Waals surface area contributed by atoms with Gasteiger partial charge in [-0.2, -0.15) is 0 Å². The molecule has 0 nitrogen and oxygen atoms in total. The van der Waals surface area contributed by atoms with Crippen molar-refractivity contribution in [2.75, 3.05) is 0 Å². The third-order valence-corrected chi connectivity index (χ3v) is 3.83. The molecule has 0 bridgehead atoms. The van der Waals surface area contributed by atoms with Crippen molar-refractivity contribution in [1.82, 2.24) is 0 Å².